The molecule has 0 saturated heterocycles. The molecule has 0 bridgehead atoms. The number of hydrogen-bond acceptors (Lipinski definition) is 0. The molecule has 0 aliphatic carbocycles. The molecular weight excluding hydrogens is 272 g/mol. The first-order valence-electron chi connectivity index (χ1n) is 6.59. The number of hydrogen-bond donors (Lipinski definition) is 0. The van der Waals surface area contributed by atoms with Crippen LogP contribution in [0.1, 0.15) is 53.4 Å². The molecule has 0 N–H and O–H groups in total. The van der Waals surface area contributed by atoms with Crippen molar-refractivity contribution in [3.05, 3.63) is 35.5 Å². The molecule has 0 spiro atoms. The van der Waals surface area contributed by atoms with E-state index >= 15 is 0 Å². The van der Waals surface area contributed by atoms with Gasteiger partial charge in [-0.3, -0.25) is 0 Å². The summed E-state index contributed by atoms with van der Waals surface area (Å²) in [5, 5.41) is 0.947. The maximum atomic E-state index is 3.41. The van der Waals surface area contributed by atoms with Crippen LogP contribution in [0.25, 0.3) is 0 Å². The lowest BCUT2D eigenvalue weighted by atomic mass is 9.99. The van der Waals surface area contributed by atoms with Crippen LogP contribution in [0.3, 0.4) is 0 Å². The lowest BCUT2D eigenvalue weighted by Crippen LogP contribution is -1.92. The van der Waals surface area contributed by atoms with Gasteiger partial charge in [0.05, 0.1) is 0 Å². The maximum absolute atomic E-state index is 3.41. The topological polar surface area (TPSA) is 0 Å². The minimum absolute atomic E-state index is 0.829. The normalized spacial score (nSPS) is 14.1. The highest BCUT2D eigenvalue weighted by Gasteiger charge is 1.98. The highest BCUT2D eigenvalue weighted by atomic mass is 79.9. The van der Waals surface area contributed by atoms with Crippen LogP contribution < -0.4 is 0 Å². The summed E-state index contributed by atoms with van der Waals surface area (Å²) in [6, 6.07) is 0. The highest BCUT2D eigenvalue weighted by Crippen LogP contribution is 2.14. The molecule has 0 heterocycles. The lowest BCUT2D eigenvalue weighted by Gasteiger charge is -2.07. The van der Waals surface area contributed by atoms with Gasteiger partial charge in [-0.05, 0) is 52.4 Å². The molecule has 0 amide bonds. The van der Waals surface area contributed by atoms with E-state index in [2.05, 4.69) is 67.9 Å². The Morgan fingerprint density at radius 3 is 2.29 bits per heavy atom. The standard InChI is InChI=1S/C16H27Br/c1-14(2)8-7-11-15(3)9-5-6-10-16(4)12-13-17/h6,8,10,12,15H,5,7,9,11,13H2,1-4H3/b10-6+,16-12+. The van der Waals surface area contributed by atoms with Crippen LogP contribution in [0.2, 0.25) is 0 Å². The van der Waals surface area contributed by atoms with E-state index in [-0.39, 0.29) is 0 Å². The Bertz CT molecular complexity index is 267. The average Bonchev–Trinajstić information content (AvgIpc) is 2.24. The Kier molecular flexibility index (Phi) is 10.6. The minimum Gasteiger partial charge on any atom is -0.0883 e. The predicted octanol–water partition coefficient (Wildman–Crippen LogP) is 6.05. The summed E-state index contributed by atoms with van der Waals surface area (Å²) in [5.74, 6) is 0.829. The molecule has 0 rings (SSSR count). The van der Waals surface area contributed by atoms with Gasteiger partial charge in [-0.25, -0.2) is 0 Å². The summed E-state index contributed by atoms with van der Waals surface area (Å²) in [7, 11) is 0. The molecule has 0 saturated carbocycles. The second-order valence-electron chi connectivity index (χ2n) is 5.05. The Balaban J connectivity index is 3.67. The van der Waals surface area contributed by atoms with Crippen LogP contribution in [0.15, 0.2) is 35.5 Å². The fraction of sp³-hybridized carbons (Fsp3) is 0.625. The van der Waals surface area contributed by atoms with Crippen LogP contribution >= 0.6 is 15.9 Å². The molecule has 1 atom stereocenters. The van der Waals surface area contributed by atoms with Crippen LogP contribution in [0.4, 0.5) is 0 Å². The maximum Gasteiger partial charge on any atom is 0.0217 e. The second kappa shape index (κ2) is 10.8. The van der Waals surface area contributed by atoms with E-state index in [1.54, 1.807) is 0 Å². The van der Waals surface area contributed by atoms with Crippen LogP contribution in [0, 0.1) is 5.92 Å². The fourth-order valence-electron chi connectivity index (χ4n) is 1.64. The Hall–Kier alpha value is -0.300. The van der Waals surface area contributed by atoms with Crippen molar-refractivity contribution in [2.75, 3.05) is 5.33 Å². The third kappa shape index (κ3) is 12.0. The summed E-state index contributed by atoms with van der Waals surface area (Å²) in [5.41, 5.74) is 2.78. The van der Waals surface area contributed by atoms with Gasteiger partial charge in [0.25, 0.3) is 0 Å². The van der Waals surface area contributed by atoms with E-state index < -0.39 is 0 Å². The van der Waals surface area contributed by atoms with Crippen molar-refractivity contribution in [3.8, 4) is 0 Å². The third-order valence-electron chi connectivity index (χ3n) is 2.82. The molecule has 0 aromatic rings. The van der Waals surface area contributed by atoms with E-state index in [1.165, 1.54) is 36.8 Å². The molecule has 0 aliphatic rings. The molecule has 0 aromatic carbocycles. The SMILES string of the molecule is CC(C)=CCCC(C)CC/C=C/C(C)=C/CBr. The largest absolute Gasteiger partial charge is 0.0883 e. The van der Waals surface area contributed by atoms with E-state index in [0.29, 0.717) is 0 Å². The third-order valence-corrected chi connectivity index (χ3v) is 3.14. The summed E-state index contributed by atoms with van der Waals surface area (Å²) in [4.78, 5) is 0. The summed E-state index contributed by atoms with van der Waals surface area (Å²) >= 11 is 3.41. The van der Waals surface area contributed by atoms with Gasteiger partial charge in [0.15, 0.2) is 0 Å². The molecular formula is C16H27Br. The predicted molar refractivity (Wildman–Crippen MR) is 83.8 cm³/mol. The highest BCUT2D eigenvalue weighted by molar-refractivity contribution is 9.09. The van der Waals surface area contributed by atoms with Crippen LogP contribution in [0.5, 0.6) is 0 Å². The first-order valence-corrected chi connectivity index (χ1v) is 7.71. The second-order valence-corrected chi connectivity index (χ2v) is 5.69. The van der Waals surface area contributed by atoms with E-state index in [1.807, 2.05) is 0 Å². The molecule has 0 radical (unpaired) electrons. The van der Waals surface area contributed by atoms with Gasteiger partial charge >= 0.3 is 0 Å². The number of halogens is 1. The van der Waals surface area contributed by atoms with E-state index in [0.717, 1.165) is 11.2 Å². The van der Waals surface area contributed by atoms with Gasteiger partial charge in [-0.15, -0.1) is 0 Å². The fourth-order valence-corrected chi connectivity index (χ4v) is 2.15. The van der Waals surface area contributed by atoms with Crippen molar-refractivity contribution in [1.29, 1.82) is 0 Å². The quantitative estimate of drug-likeness (QED) is 0.291. The zero-order valence-electron chi connectivity index (χ0n) is 11.8. The van der Waals surface area contributed by atoms with Gasteiger partial charge in [0.2, 0.25) is 0 Å². The molecule has 0 nitrogen and oxygen atoms in total. The summed E-state index contributed by atoms with van der Waals surface area (Å²) in [6.45, 7) is 8.85. The number of alkyl halides is 1. The number of rotatable bonds is 8. The van der Waals surface area contributed by atoms with Gasteiger partial charge in [-0.1, -0.05) is 58.3 Å². The molecule has 0 fully saturated rings. The van der Waals surface area contributed by atoms with E-state index in [9.17, 15) is 0 Å². The van der Waals surface area contributed by atoms with Gasteiger partial charge in [0, 0.05) is 5.33 Å². The molecule has 17 heavy (non-hydrogen) atoms. The van der Waals surface area contributed by atoms with Crippen molar-refractivity contribution >= 4 is 15.9 Å². The zero-order chi connectivity index (χ0) is 13.1. The summed E-state index contributed by atoms with van der Waals surface area (Å²) < 4.78 is 0. The van der Waals surface area contributed by atoms with Crippen LogP contribution in [-0.4, -0.2) is 5.33 Å². The van der Waals surface area contributed by atoms with Gasteiger partial charge in [0.1, 0.15) is 0 Å². The first kappa shape index (κ1) is 16.7. The zero-order valence-corrected chi connectivity index (χ0v) is 13.4. The monoisotopic (exact) mass is 298 g/mol. The molecule has 98 valence electrons. The average molecular weight is 299 g/mol. The minimum atomic E-state index is 0.829. The first-order chi connectivity index (χ1) is 8.06. The molecule has 1 heteroatoms. The summed E-state index contributed by atoms with van der Waals surface area (Å²) in [6.07, 6.45) is 14.1. The van der Waals surface area contributed by atoms with Crippen molar-refractivity contribution < 1.29 is 0 Å². The Labute approximate surface area is 116 Å². The van der Waals surface area contributed by atoms with E-state index in [4.69, 9.17) is 0 Å². The smallest absolute Gasteiger partial charge is 0.0217 e. The van der Waals surface area contributed by atoms with Crippen molar-refractivity contribution in [2.24, 2.45) is 5.92 Å². The van der Waals surface area contributed by atoms with Crippen LogP contribution in [-0.2, 0) is 0 Å². The van der Waals surface area contributed by atoms with Gasteiger partial charge < -0.3 is 0 Å². The van der Waals surface area contributed by atoms with Crippen molar-refractivity contribution in [2.45, 2.75) is 53.4 Å². The Morgan fingerprint density at radius 2 is 1.71 bits per heavy atom. The van der Waals surface area contributed by atoms with Crippen molar-refractivity contribution in [3.63, 3.8) is 0 Å². The molecule has 0 aromatic heterocycles. The van der Waals surface area contributed by atoms with Gasteiger partial charge in [-0.2, -0.15) is 0 Å². The van der Waals surface area contributed by atoms with Crippen molar-refractivity contribution in [1.82, 2.24) is 0 Å². The molecule has 0 aliphatic heterocycles. The molecule has 1 unspecified atom stereocenters. The Morgan fingerprint density at radius 1 is 1.06 bits per heavy atom. The lowest BCUT2D eigenvalue weighted by molar-refractivity contribution is 0.501. The number of allylic oxidation sites excluding steroid dienone is 6.